The molecule has 0 radical (unpaired) electrons. The normalized spacial score (nSPS) is 16.9. The second-order valence-corrected chi connectivity index (χ2v) is 11.8. The van der Waals surface area contributed by atoms with Crippen molar-refractivity contribution in [2.24, 2.45) is 0 Å². The Hall–Kier alpha value is -4.20. The van der Waals surface area contributed by atoms with Gasteiger partial charge in [0.15, 0.2) is 0 Å². The molecule has 7 heterocycles. The predicted octanol–water partition coefficient (Wildman–Crippen LogP) is 4.20. The molecule has 0 amide bonds. The van der Waals surface area contributed by atoms with Crippen LogP contribution in [-0.4, -0.2) is 76.4 Å². The van der Waals surface area contributed by atoms with Crippen LogP contribution in [0.2, 0.25) is 0 Å². The molecule has 0 atom stereocenters. The predicted molar refractivity (Wildman–Crippen MR) is 181 cm³/mol. The molecule has 0 N–H and O–H groups in total. The van der Waals surface area contributed by atoms with Crippen LogP contribution in [0.1, 0.15) is 0 Å². The van der Waals surface area contributed by atoms with Gasteiger partial charge in [0.05, 0.1) is 0 Å². The van der Waals surface area contributed by atoms with Gasteiger partial charge in [-0.25, -0.2) is 27.8 Å². The molecule has 3 aromatic heterocycles. The Balaban J connectivity index is 0.00000201. The minimum atomic E-state index is 0. The van der Waals surface area contributed by atoms with E-state index in [9.17, 15) is 0 Å². The maximum absolute atomic E-state index is 4.79. The van der Waals surface area contributed by atoms with Crippen molar-refractivity contribution >= 4 is 50.5 Å². The summed E-state index contributed by atoms with van der Waals surface area (Å²) in [5, 5.41) is 1.81. The number of fused-ring (bicyclic) bond motifs is 3. The Bertz CT molecular complexity index is 1840. The van der Waals surface area contributed by atoms with Crippen LogP contribution in [0.4, 0.5) is 28.7 Å². The molecule has 12 nitrogen and oxygen atoms in total. The Morgan fingerprint density at radius 1 is 0.542 bits per heavy atom. The Kier molecular flexibility index (Phi) is 9.14. The maximum atomic E-state index is 4.79. The molecule has 0 unspecified atom stereocenters. The van der Waals surface area contributed by atoms with E-state index in [2.05, 4.69) is 43.5 Å². The molecule has 1 aromatic carbocycles. The molecule has 4 aliphatic heterocycles. The van der Waals surface area contributed by atoms with Gasteiger partial charge in [0.1, 0.15) is 0 Å². The molecule has 0 fully saturated rings. The smallest absolute Gasteiger partial charge is 0.0112 e. The first-order chi connectivity index (χ1) is 22.2. The first-order valence-electron chi connectivity index (χ1n) is 14.7. The number of nitrogens with zero attached hydrogens (tertiary/aromatic N) is 12. The summed E-state index contributed by atoms with van der Waals surface area (Å²) in [6, 6.07) is 14.7. The molecule has 0 aliphatic carbocycles. The van der Waals surface area contributed by atoms with Crippen molar-refractivity contribution in [1.29, 1.82) is 0 Å². The van der Waals surface area contributed by atoms with E-state index in [0.29, 0.717) is 17.3 Å². The Morgan fingerprint density at radius 3 is 1.25 bits per heavy atom. The molecule has 0 bridgehead atoms. The number of hydrogen-bond acceptors (Lipinski definition) is 11. The molecular weight excluding hydrogens is 789 g/mol. The SMILES string of the molecule is CN1C=CN(c2[c-]c3c(cn2)c2cnc(N4C=CN(C)[CH-]4)[c-]c2n3-c2[c-]c(N3C=CN(C)[CH-]3)c(N(C)C)c(N3C=CN(C)[CH-]3)[c-]2)[CH-]1.[Pd].[Pd]. The van der Waals surface area contributed by atoms with Gasteiger partial charge in [-0.05, 0) is 91.9 Å². The van der Waals surface area contributed by atoms with Gasteiger partial charge in [0.25, 0.3) is 0 Å². The number of pyridine rings is 2. The van der Waals surface area contributed by atoms with Crippen LogP contribution in [0.25, 0.3) is 27.5 Å². The summed E-state index contributed by atoms with van der Waals surface area (Å²) in [5.74, 6) is 1.34. The third-order valence-corrected chi connectivity index (χ3v) is 8.01. The summed E-state index contributed by atoms with van der Waals surface area (Å²) < 4.78 is 2.12. The van der Waals surface area contributed by atoms with Crippen LogP contribution in [0, 0.1) is 50.9 Å². The first kappa shape index (κ1) is 33.7. The summed E-state index contributed by atoms with van der Waals surface area (Å²) in [7, 11) is 12.1. The van der Waals surface area contributed by atoms with Crippen LogP contribution >= 0.6 is 0 Å². The van der Waals surface area contributed by atoms with Crippen molar-refractivity contribution in [3.05, 3.63) is 113 Å². The minimum Gasteiger partial charge on any atom is -0.518 e. The van der Waals surface area contributed by atoms with Crippen molar-refractivity contribution in [3.63, 3.8) is 0 Å². The third kappa shape index (κ3) is 5.77. The zero-order valence-corrected chi connectivity index (χ0v) is 30.2. The molecule has 48 heavy (non-hydrogen) atoms. The standard InChI is InChI=1S/C34H32N12.2Pd/c1-37(2)34-30(42-11-7-38(3)21-42)15-25(16-31(34)43-12-8-39(4)22-43)46-28-17-32(44-13-9-40(5)23-44)35-19-26(28)27-20-36-33(18-29(27)46)45-14-10-41(6)24-45;;/h7-14,19-24H,1-6H3;;/q-8;;. The maximum Gasteiger partial charge on any atom is 0.0112 e. The van der Waals surface area contributed by atoms with Crippen molar-refractivity contribution in [2.75, 3.05) is 66.8 Å². The monoisotopic (exact) mass is 820 g/mol. The number of benzene rings is 1. The largest absolute Gasteiger partial charge is 0.518 e. The fourth-order valence-electron chi connectivity index (χ4n) is 5.84. The fraction of sp³-hybridized carbons (Fsp3) is 0.176. The fourth-order valence-corrected chi connectivity index (χ4v) is 5.84. The van der Waals surface area contributed by atoms with Crippen LogP contribution < -0.4 is 24.5 Å². The molecule has 4 aromatic rings. The van der Waals surface area contributed by atoms with Gasteiger partial charge in [0.2, 0.25) is 0 Å². The van der Waals surface area contributed by atoms with Crippen molar-refractivity contribution < 1.29 is 40.8 Å². The van der Waals surface area contributed by atoms with E-state index in [0.717, 1.165) is 38.9 Å². The van der Waals surface area contributed by atoms with E-state index in [1.165, 1.54) is 0 Å². The van der Waals surface area contributed by atoms with E-state index in [1.54, 1.807) is 0 Å². The van der Waals surface area contributed by atoms with Crippen LogP contribution in [0.15, 0.2) is 62.0 Å². The van der Waals surface area contributed by atoms with Gasteiger partial charge in [-0.15, -0.1) is 11.0 Å². The number of anilines is 5. The number of aromatic nitrogens is 3. The summed E-state index contributed by atoms with van der Waals surface area (Å²) in [4.78, 5) is 27.8. The number of rotatable bonds is 6. The second kappa shape index (κ2) is 13.0. The molecular formula is C34H32N12Pd2-8. The Morgan fingerprint density at radius 2 is 0.917 bits per heavy atom. The summed E-state index contributed by atoms with van der Waals surface area (Å²) >= 11 is 0. The van der Waals surface area contributed by atoms with Gasteiger partial charge in [0, 0.05) is 52.5 Å². The van der Waals surface area contributed by atoms with E-state index < -0.39 is 0 Å². The quantitative estimate of drug-likeness (QED) is 0.208. The van der Waals surface area contributed by atoms with Gasteiger partial charge >= 0.3 is 0 Å². The van der Waals surface area contributed by atoms with Gasteiger partial charge in [-0.3, -0.25) is 9.97 Å². The molecule has 0 spiro atoms. The molecule has 256 valence electrons. The summed E-state index contributed by atoms with van der Waals surface area (Å²) in [6.07, 6.45) is 19.8. The molecule has 4 aliphatic rings. The van der Waals surface area contributed by atoms with Crippen LogP contribution in [0.5, 0.6) is 0 Å². The van der Waals surface area contributed by atoms with E-state index >= 15 is 0 Å². The van der Waals surface area contributed by atoms with E-state index in [1.807, 2.05) is 160 Å². The van der Waals surface area contributed by atoms with Crippen LogP contribution in [0.3, 0.4) is 0 Å². The average molecular weight is 822 g/mol. The average Bonchev–Trinajstić information content (AvgIpc) is 3.88. The summed E-state index contributed by atoms with van der Waals surface area (Å²) in [6.45, 7) is 8.00. The zero-order valence-electron chi connectivity index (χ0n) is 27.1. The molecule has 0 saturated carbocycles. The van der Waals surface area contributed by atoms with Gasteiger partial charge in [-0.2, -0.15) is 44.5 Å². The second-order valence-electron chi connectivity index (χ2n) is 11.8. The zero-order chi connectivity index (χ0) is 31.7. The van der Waals surface area contributed by atoms with Crippen LogP contribution in [-0.2, 0) is 40.8 Å². The number of hydrogen-bond donors (Lipinski definition) is 0. The third-order valence-electron chi connectivity index (χ3n) is 8.01. The van der Waals surface area contributed by atoms with Crippen molar-refractivity contribution in [1.82, 2.24) is 34.1 Å². The van der Waals surface area contributed by atoms with Gasteiger partial charge < -0.3 is 60.8 Å². The minimum absolute atomic E-state index is 0. The Labute approximate surface area is 309 Å². The molecule has 8 rings (SSSR count). The van der Waals surface area contributed by atoms with Gasteiger partial charge in [-0.1, -0.05) is 12.4 Å². The van der Waals surface area contributed by atoms with E-state index in [4.69, 9.17) is 9.97 Å². The molecule has 0 saturated heterocycles. The topological polar surface area (TPSA) is 59.9 Å². The first-order valence-corrected chi connectivity index (χ1v) is 14.7. The molecule has 14 heteroatoms. The van der Waals surface area contributed by atoms with E-state index in [-0.39, 0.29) is 40.8 Å². The summed E-state index contributed by atoms with van der Waals surface area (Å²) in [5.41, 5.74) is 5.07. The van der Waals surface area contributed by atoms with Crippen molar-refractivity contribution in [3.8, 4) is 5.69 Å². The van der Waals surface area contributed by atoms with Crippen molar-refractivity contribution in [2.45, 2.75) is 0 Å².